The van der Waals surface area contributed by atoms with Crippen molar-refractivity contribution in [2.75, 3.05) is 32.7 Å². The minimum atomic E-state index is -0.277. The van der Waals surface area contributed by atoms with Crippen molar-refractivity contribution in [2.24, 2.45) is 5.92 Å². The van der Waals surface area contributed by atoms with Gasteiger partial charge in [-0.05, 0) is 25.3 Å². The number of benzene rings is 1. The molecule has 1 atom stereocenters. The van der Waals surface area contributed by atoms with Gasteiger partial charge in [0.2, 0.25) is 11.8 Å². The second kappa shape index (κ2) is 9.71. The molecular formula is C24H34N4O3. The van der Waals surface area contributed by atoms with Crippen LogP contribution in [-0.2, 0) is 16.1 Å². The number of rotatable bonds is 4. The third-order valence-corrected chi connectivity index (χ3v) is 6.87. The van der Waals surface area contributed by atoms with E-state index in [1.807, 2.05) is 41.0 Å². The van der Waals surface area contributed by atoms with E-state index in [0.717, 1.165) is 18.4 Å². The predicted octanol–water partition coefficient (Wildman–Crippen LogP) is 2.53. The van der Waals surface area contributed by atoms with E-state index in [1.165, 1.54) is 24.8 Å². The summed E-state index contributed by atoms with van der Waals surface area (Å²) in [4.78, 5) is 43.5. The molecule has 1 saturated carbocycles. The SMILES string of the molecule is Cc1ccc(CN2CC(C(=O)N3CCN(C(=O)NC4CCCCC4)CC3)CC2=O)cc1. The highest BCUT2D eigenvalue weighted by Crippen LogP contribution is 2.23. The molecule has 7 nitrogen and oxygen atoms in total. The van der Waals surface area contributed by atoms with Crippen LogP contribution in [0.3, 0.4) is 0 Å². The highest BCUT2D eigenvalue weighted by molar-refractivity contribution is 5.89. The summed E-state index contributed by atoms with van der Waals surface area (Å²) < 4.78 is 0. The number of hydrogen-bond acceptors (Lipinski definition) is 3. The summed E-state index contributed by atoms with van der Waals surface area (Å²) in [5.41, 5.74) is 2.28. The second-order valence-corrected chi connectivity index (χ2v) is 9.26. The lowest BCUT2D eigenvalue weighted by atomic mass is 9.96. The predicted molar refractivity (Wildman–Crippen MR) is 118 cm³/mol. The molecule has 1 unspecified atom stereocenters. The highest BCUT2D eigenvalue weighted by atomic mass is 16.2. The van der Waals surface area contributed by atoms with Crippen LogP contribution in [0.2, 0.25) is 0 Å². The first-order valence-corrected chi connectivity index (χ1v) is 11.7. The standard InChI is InChI=1S/C24H34N4O3/c1-18-7-9-19(10-8-18)16-28-17-20(15-22(28)29)23(30)26-11-13-27(14-12-26)24(31)25-21-5-3-2-4-6-21/h7-10,20-21H,2-6,11-17H2,1H3,(H,25,31). The molecule has 2 saturated heterocycles. The van der Waals surface area contributed by atoms with Gasteiger partial charge < -0.3 is 20.0 Å². The molecule has 2 aliphatic heterocycles. The first-order chi connectivity index (χ1) is 15.0. The van der Waals surface area contributed by atoms with E-state index in [4.69, 9.17) is 0 Å². The third kappa shape index (κ3) is 5.38. The number of carbonyl (C=O) groups excluding carboxylic acids is 3. The van der Waals surface area contributed by atoms with Crippen LogP contribution in [0.5, 0.6) is 0 Å². The molecule has 7 heteroatoms. The number of aryl methyl sites for hydroxylation is 1. The number of amides is 4. The normalized spacial score (nSPS) is 22.7. The zero-order valence-electron chi connectivity index (χ0n) is 18.5. The lowest BCUT2D eigenvalue weighted by Gasteiger charge is -2.37. The van der Waals surface area contributed by atoms with Crippen LogP contribution in [-0.4, -0.2) is 71.3 Å². The smallest absolute Gasteiger partial charge is 0.317 e. The van der Waals surface area contributed by atoms with Crippen molar-refractivity contribution in [1.82, 2.24) is 20.0 Å². The molecule has 31 heavy (non-hydrogen) atoms. The van der Waals surface area contributed by atoms with E-state index >= 15 is 0 Å². The van der Waals surface area contributed by atoms with Gasteiger partial charge in [-0.3, -0.25) is 9.59 Å². The largest absolute Gasteiger partial charge is 0.339 e. The Morgan fingerprint density at radius 2 is 1.61 bits per heavy atom. The van der Waals surface area contributed by atoms with Gasteiger partial charge in [0, 0.05) is 51.7 Å². The van der Waals surface area contributed by atoms with Crippen LogP contribution in [0.4, 0.5) is 4.79 Å². The summed E-state index contributed by atoms with van der Waals surface area (Å²) in [5.74, 6) is -0.183. The first kappa shape index (κ1) is 21.7. The van der Waals surface area contributed by atoms with Gasteiger partial charge in [0.1, 0.15) is 0 Å². The Bertz CT molecular complexity index is 796. The van der Waals surface area contributed by atoms with Gasteiger partial charge in [0.15, 0.2) is 0 Å². The minimum Gasteiger partial charge on any atom is -0.339 e. The molecule has 3 fully saturated rings. The maximum Gasteiger partial charge on any atom is 0.317 e. The van der Waals surface area contributed by atoms with Gasteiger partial charge >= 0.3 is 6.03 Å². The Morgan fingerprint density at radius 1 is 0.968 bits per heavy atom. The van der Waals surface area contributed by atoms with Crippen molar-refractivity contribution in [1.29, 1.82) is 0 Å². The van der Waals surface area contributed by atoms with E-state index in [9.17, 15) is 14.4 Å². The summed E-state index contributed by atoms with van der Waals surface area (Å²) in [6.45, 7) is 5.26. The molecule has 1 aromatic carbocycles. The van der Waals surface area contributed by atoms with Gasteiger partial charge in [-0.1, -0.05) is 49.1 Å². The highest BCUT2D eigenvalue weighted by Gasteiger charge is 2.37. The molecule has 4 amide bonds. The maximum atomic E-state index is 13.0. The minimum absolute atomic E-state index is 0.000633. The number of carbonyl (C=O) groups is 3. The van der Waals surface area contributed by atoms with Crippen molar-refractivity contribution in [2.45, 2.75) is 58.0 Å². The van der Waals surface area contributed by atoms with Gasteiger partial charge in [0.25, 0.3) is 0 Å². The fraction of sp³-hybridized carbons (Fsp3) is 0.625. The van der Waals surface area contributed by atoms with Crippen molar-refractivity contribution in [3.05, 3.63) is 35.4 Å². The average molecular weight is 427 g/mol. The summed E-state index contributed by atoms with van der Waals surface area (Å²) in [6, 6.07) is 8.46. The van der Waals surface area contributed by atoms with Crippen LogP contribution in [0.25, 0.3) is 0 Å². The second-order valence-electron chi connectivity index (χ2n) is 9.26. The zero-order valence-corrected chi connectivity index (χ0v) is 18.5. The van der Waals surface area contributed by atoms with Gasteiger partial charge in [-0.2, -0.15) is 0 Å². The van der Waals surface area contributed by atoms with Gasteiger partial charge in [-0.15, -0.1) is 0 Å². The molecule has 1 aliphatic carbocycles. The monoisotopic (exact) mass is 426 g/mol. The Labute approximate surface area is 184 Å². The molecule has 0 bridgehead atoms. The Balaban J connectivity index is 1.24. The van der Waals surface area contributed by atoms with Crippen LogP contribution in [0.15, 0.2) is 24.3 Å². The van der Waals surface area contributed by atoms with E-state index in [1.54, 1.807) is 4.90 Å². The molecule has 1 aromatic rings. The molecule has 168 valence electrons. The molecular weight excluding hydrogens is 392 g/mol. The topological polar surface area (TPSA) is 73.0 Å². The first-order valence-electron chi connectivity index (χ1n) is 11.7. The zero-order chi connectivity index (χ0) is 21.8. The molecule has 4 rings (SSSR count). The molecule has 0 radical (unpaired) electrons. The van der Waals surface area contributed by atoms with Crippen LogP contribution < -0.4 is 5.32 Å². The maximum absolute atomic E-state index is 13.0. The van der Waals surface area contributed by atoms with E-state index < -0.39 is 0 Å². The third-order valence-electron chi connectivity index (χ3n) is 6.87. The van der Waals surface area contributed by atoms with Crippen LogP contribution >= 0.6 is 0 Å². The van der Waals surface area contributed by atoms with Gasteiger partial charge in [-0.25, -0.2) is 4.79 Å². The summed E-state index contributed by atoms with van der Waals surface area (Å²) in [7, 11) is 0. The number of nitrogens with zero attached hydrogens (tertiary/aromatic N) is 3. The Kier molecular flexibility index (Phi) is 6.78. The number of hydrogen-bond donors (Lipinski definition) is 1. The average Bonchev–Trinajstić information content (AvgIpc) is 3.15. The lowest BCUT2D eigenvalue weighted by molar-refractivity contribution is -0.137. The number of urea groups is 1. The van der Waals surface area contributed by atoms with Crippen molar-refractivity contribution >= 4 is 17.8 Å². The van der Waals surface area contributed by atoms with Crippen LogP contribution in [0.1, 0.15) is 49.7 Å². The number of piperazine rings is 1. The summed E-state index contributed by atoms with van der Waals surface area (Å²) >= 11 is 0. The number of likely N-dealkylation sites (tertiary alicyclic amines) is 1. The van der Waals surface area contributed by atoms with E-state index in [-0.39, 0.29) is 30.2 Å². The quantitative estimate of drug-likeness (QED) is 0.804. The molecule has 2 heterocycles. The van der Waals surface area contributed by atoms with Crippen molar-refractivity contribution in [3.8, 4) is 0 Å². The van der Waals surface area contributed by atoms with E-state index in [0.29, 0.717) is 45.3 Å². The Morgan fingerprint density at radius 3 is 2.29 bits per heavy atom. The molecule has 0 spiro atoms. The molecule has 0 aromatic heterocycles. The van der Waals surface area contributed by atoms with Crippen molar-refractivity contribution < 1.29 is 14.4 Å². The lowest BCUT2D eigenvalue weighted by Crippen LogP contribution is -2.55. The van der Waals surface area contributed by atoms with Crippen LogP contribution in [0, 0.1) is 12.8 Å². The summed E-state index contributed by atoms with van der Waals surface area (Å²) in [5, 5.41) is 3.16. The van der Waals surface area contributed by atoms with Gasteiger partial charge in [0.05, 0.1) is 5.92 Å². The fourth-order valence-electron chi connectivity index (χ4n) is 4.91. The van der Waals surface area contributed by atoms with E-state index in [2.05, 4.69) is 5.32 Å². The summed E-state index contributed by atoms with van der Waals surface area (Å²) in [6.07, 6.45) is 6.06. The number of nitrogens with one attached hydrogen (secondary N) is 1. The Hall–Kier alpha value is -2.57. The molecule has 3 aliphatic rings. The fourth-order valence-corrected chi connectivity index (χ4v) is 4.91. The molecule has 1 N–H and O–H groups in total. The van der Waals surface area contributed by atoms with Crippen molar-refractivity contribution in [3.63, 3.8) is 0 Å².